The van der Waals surface area contributed by atoms with Crippen LogP contribution in [0.2, 0.25) is 5.04 Å². The molecule has 2 aromatic rings. The molecule has 3 atom stereocenters. The summed E-state index contributed by atoms with van der Waals surface area (Å²) in [5.74, 6) is 0.921. The molecule has 0 bridgehead atoms. The number of benzene rings is 2. The molecule has 1 aliphatic heterocycles. The largest absolute Gasteiger partial charge is 0.404 e. The van der Waals surface area contributed by atoms with E-state index >= 15 is 0 Å². The first-order chi connectivity index (χ1) is 15.6. The summed E-state index contributed by atoms with van der Waals surface area (Å²) in [6.07, 6.45) is 5.85. The normalized spacial score (nSPS) is 22.2. The van der Waals surface area contributed by atoms with E-state index in [9.17, 15) is 4.55 Å². The maximum Gasteiger partial charge on any atom is 0.261 e. The van der Waals surface area contributed by atoms with Gasteiger partial charge < -0.3 is 4.43 Å². The minimum atomic E-state index is -2.55. The number of hydrogen-bond donors (Lipinski definition) is 1. The molecule has 0 aliphatic carbocycles. The first-order valence-corrected chi connectivity index (χ1v) is 16.6. The Bertz CT molecular complexity index is 812. The Labute approximate surface area is 210 Å². The van der Waals surface area contributed by atoms with Crippen LogP contribution in [0, 0.1) is 0 Å². The average Bonchev–Trinajstić information content (AvgIpc) is 2.78. The maximum atomic E-state index is 10.5. The first kappa shape index (κ1) is 26.9. The van der Waals surface area contributed by atoms with Crippen molar-refractivity contribution in [3.63, 3.8) is 0 Å². The van der Waals surface area contributed by atoms with E-state index in [2.05, 4.69) is 102 Å². The number of hydrogen-bond acceptors (Lipinski definition) is 3. The molecule has 0 saturated carbocycles. The molecule has 0 aromatic heterocycles. The van der Waals surface area contributed by atoms with E-state index in [1.54, 1.807) is 0 Å². The number of rotatable bonds is 9. The van der Waals surface area contributed by atoms with Gasteiger partial charge in [-0.1, -0.05) is 113 Å². The molecule has 1 saturated heterocycles. The summed E-state index contributed by atoms with van der Waals surface area (Å²) in [6, 6.07) is 22.0. The fourth-order valence-corrected chi connectivity index (χ4v) is 13.4. The third-order valence-electron chi connectivity index (χ3n) is 6.82. The highest BCUT2D eigenvalue weighted by atomic mass is 32.3. The van der Waals surface area contributed by atoms with Crippen molar-refractivity contribution in [3.8, 4) is 0 Å². The molecule has 0 amide bonds. The minimum Gasteiger partial charge on any atom is -0.404 e. The van der Waals surface area contributed by atoms with Gasteiger partial charge in [0.2, 0.25) is 0 Å². The van der Waals surface area contributed by atoms with E-state index in [1.165, 1.54) is 23.2 Å². The topological polar surface area (TPSA) is 29.5 Å². The van der Waals surface area contributed by atoms with Crippen LogP contribution in [0.15, 0.2) is 60.7 Å². The van der Waals surface area contributed by atoms with Crippen molar-refractivity contribution in [2.24, 2.45) is 0 Å². The molecule has 0 radical (unpaired) electrons. The molecule has 3 rings (SSSR count). The predicted octanol–water partition coefficient (Wildman–Crippen LogP) is 6.84. The van der Waals surface area contributed by atoms with Crippen molar-refractivity contribution in [3.05, 3.63) is 60.7 Å². The maximum absolute atomic E-state index is 10.5. The smallest absolute Gasteiger partial charge is 0.261 e. The van der Waals surface area contributed by atoms with Crippen molar-refractivity contribution in [1.82, 2.24) is 0 Å². The fourth-order valence-electron chi connectivity index (χ4n) is 5.06. The number of unbranched alkanes of at least 4 members (excludes halogenated alkanes) is 1. The Morgan fingerprint density at radius 1 is 1.06 bits per heavy atom. The lowest BCUT2D eigenvalue weighted by Gasteiger charge is -2.46. The second kappa shape index (κ2) is 11.3. The third kappa shape index (κ3) is 6.29. The van der Waals surface area contributed by atoms with Gasteiger partial charge in [0, 0.05) is 17.8 Å². The summed E-state index contributed by atoms with van der Waals surface area (Å²) in [4.78, 5) is 0. The Balaban J connectivity index is 2.01. The van der Waals surface area contributed by atoms with Crippen LogP contribution in [0.3, 0.4) is 0 Å². The van der Waals surface area contributed by atoms with E-state index in [0.717, 1.165) is 25.0 Å². The summed E-state index contributed by atoms with van der Waals surface area (Å²) >= 11 is 1.48. The van der Waals surface area contributed by atoms with Crippen molar-refractivity contribution in [2.75, 3.05) is 5.75 Å². The molecule has 1 fully saturated rings. The lowest BCUT2D eigenvalue weighted by atomic mass is 10.1. The quantitative estimate of drug-likeness (QED) is 0.300. The molecule has 182 valence electrons. The summed E-state index contributed by atoms with van der Waals surface area (Å²) in [5, 5.41) is 3.25. The van der Waals surface area contributed by atoms with Gasteiger partial charge in [-0.3, -0.25) is 0 Å². The molecule has 5 heteroatoms. The van der Waals surface area contributed by atoms with Gasteiger partial charge in [0.1, 0.15) is 5.75 Å². The molecule has 1 N–H and O–H groups in total. The molecule has 1 aliphatic rings. The average molecular weight is 504 g/mol. The summed E-state index contributed by atoms with van der Waals surface area (Å²) < 4.78 is 18.0. The summed E-state index contributed by atoms with van der Waals surface area (Å²) in [5.41, 5.74) is 0. The SMILES string of the molecule is CCCCC(CC1CC[S+](O)C(C)(C)S1)O[Si](c1ccccc1)(c1ccccc1)C(C)(C)C. The molecular weight excluding hydrogens is 461 g/mol. The van der Waals surface area contributed by atoms with Crippen molar-refractivity contribution >= 4 is 41.6 Å². The van der Waals surface area contributed by atoms with Crippen molar-refractivity contribution < 1.29 is 8.98 Å². The predicted molar refractivity (Wildman–Crippen MR) is 152 cm³/mol. The molecule has 33 heavy (non-hydrogen) atoms. The zero-order valence-corrected chi connectivity index (χ0v) is 24.0. The zero-order valence-electron chi connectivity index (χ0n) is 21.3. The van der Waals surface area contributed by atoms with Crippen LogP contribution in [0.5, 0.6) is 0 Å². The van der Waals surface area contributed by atoms with Gasteiger partial charge in [0.15, 0.2) is 15.3 Å². The summed E-state index contributed by atoms with van der Waals surface area (Å²) in [7, 11) is -2.55. The summed E-state index contributed by atoms with van der Waals surface area (Å²) in [6.45, 7) is 13.8. The van der Waals surface area contributed by atoms with Crippen LogP contribution in [0.1, 0.15) is 73.6 Å². The van der Waals surface area contributed by atoms with E-state index in [4.69, 9.17) is 4.43 Å². The lowest BCUT2D eigenvalue weighted by Crippen LogP contribution is -2.67. The van der Waals surface area contributed by atoms with Crippen LogP contribution in [0.25, 0.3) is 0 Å². The second-order valence-corrected chi connectivity index (χ2v) is 19.4. The van der Waals surface area contributed by atoms with Crippen molar-refractivity contribution in [2.45, 2.75) is 94.1 Å². The highest BCUT2D eigenvalue weighted by molar-refractivity contribution is 8.15. The van der Waals surface area contributed by atoms with Gasteiger partial charge in [-0.25, -0.2) is 0 Å². The van der Waals surface area contributed by atoms with E-state index < -0.39 is 19.5 Å². The van der Waals surface area contributed by atoms with Crippen LogP contribution in [0.4, 0.5) is 0 Å². The van der Waals surface area contributed by atoms with E-state index in [1.807, 2.05) is 11.8 Å². The monoisotopic (exact) mass is 503 g/mol. The second-order valence-electron chi connectivity index (χ2n) is 10.8. The Hall–Kier alpha value is -0.723. The van der Waals surface area contributed by atoms with Crippen LogP contribution in [-0.2, 0) is 15.6 Å². The molecular formula is C28H43O2S2Si+. The Morgan fingerprint density at radius 2 is 1.61 bits per heavy atom. The lowest BCUT2D eigenvalue weighted by molar-refractivity contribution is 0.163. The molecule has 2 aromatic carbocycles. The highest BCUT2D eigenvalue weighted by Gasteiger charge is 2.52. The first-order valence-electron chi connectivity index (χ1n) is 12.5. The standard InChI is InChI=1S/C28H43O2S2Si/c1-7-8-15-23(22-24-20-21-32(29)28(5,6)31-24)30-33(27(2,3)4,25-16-11-9-12-17-25)26-18-13-10-14-19-26/h9-14,16-19,23-24,29H,7-8,15,20-22H2,1-6H3/q+1. The fraction of sp³-hybridized carbons (Fsp3) is 0.571. The van der Waals surface area contributed by atoms with E-state index in [-0.39, 0.29) is 15.2 Å². The number of thioether (sulfide) groups is 1. The Kier molecular flexibility index (Phi) is 9.24. The molecule has 3 unspecified atom stereocenters. The van der Waals surface area contributed by atoms with Gasteiger partial charge in [-0.2, -0.15) is 4.55 Å². The van der Waals surface area contributed by atoms with Gasteiger partial charge >= 0.3 is 0 Å². The minimum absolute atomic E-state index is 0.00325. The van der Waals surface area contributed by atoms with Gasteiger partial charge in [0.25, 0.3) is 8.32 Å². The highest BCUT2D eigenvalue weighted by Crippen LogP contribution is 2.44. The molecule has 2 nitrogen and oxygen atoms in total. The van der Waals surface area contributed by atoms with Gasteiger partial charge in [-0.05, 0) is 42.1 Å². The van der Waals surface area contributed by atoms with Crippen LogP contribution < -0.4 is 10.4 Å². The van der Waals surface area contributed by atoms with E-state index in [0.29, 0.717) is 5.25 Å². The van der Waals surface area contributed by atoms with Gasteiger partial charge in [-0.15, -0.1) is 0 Å². The third-order valence-corrected chi connectivity index (χ3v) is 15.9. The Morgan fingerprint density at radius 3 is 2.06 bits per heavy atom. The van der Waals surface area contributed by atoms with Crippen LogP contribution >= 0.6 is 11.8 Å². The molecule has 0 spiro atoms. The van der Waals surface area contributed by atoms with Crippen molar-refractivity contribution in [1.29, 1.82) is 0 Å². The zero-order chi connectivity index (χ0) is 24.1. The van der Waals surface area contributed by atoms with Crippen LogP contribution in [-0.4, -0.2) is 34.1 Å². The molecule has 1 heterocycles. The van der Waals surface area contributed by atoms with Gasteiger partial charge in [0.05, 0.1) is 0 Å².